The molecule has 0 amide bonds. The average molecular weight is 660 g/mol. The second-order valence-corrected chi connectivity index (χ2v) is 12.4. The third kappa shape index (κ3) is 4.50. The summed E-state index contributed by atoms with van der Waals surface area (Å²) in [5.74, 6) is 0.617. The van der Waals surface area contributed by atoms with Crippen LogP contribution in [0.25, 0.3) is 89.1 Å². The van der Waals surface area contributed by atoms with E-state index in [9.17, 15) is 9.59 Å². The van der Waals surface area contributed by atoms with E-state index in [2.05, 4.69) is 0 Å². The third-order valence-corrected chi connectivity index (χ3v) is 9.37. The van der Waals surface area contributed by atoms with Crippen LogP contribution in [-0.4, -0.2) is 23.9 Å². The Morgan fingerprint density at radius 3 is 1.96 bits per heavy atom. The lowest BCUT2D eigenvalue weighted by Crippen LogP contribution is -2.28. The van der Waals surface area contributed by atoms with Crippen molar-refractivity contribution in [1.29, 1.82) is 0 Å². The number of furan rings is 1. The zero-order valence-corrected chi connectivity index (χ0v) is 26.9. The number of benzene rings is 6. The highest BCUT2D eigenvalue weighted by atomic mass is 16.3. The van der Waals surface area contributed by atoms with Gasteiger partial charge in [0, 0.05) is 22.2 Å². The van der Waals surface area contributed by atoms with Crippen LogP contribution in [0.4, 0.5) is 0 Å². The Morgan fingerprint density at radius 1 is 0.510 bits per heavy atom. The zero-order chi connectivity index (χ0) is 34.1. The normalized spacial score (nSPS) is 11.7. The van der Waals surface area contributed by atoms with Crippen LogP contribution < -0.4 is 11.1 Å². The van der Waals surface area contributed by atoms with Gasteiger partial charge in [0.05, 0.1) is 21.9 Å². The van der Waals surface area contributed by atoms with E-state index in [-0.39, 0.29) is 16.8 Å². The number of hydrogen-bond donors (Lipinski definition) is 0. The summed E-state index contributed by atoms with van der Waals surface area (Å²) in [6, 6.07) is 48.2. The van der Waals surface area contributed by atoms with Gasteiger partial charge in [-0.25, -0.2) is 15.0 Å². The predicted octanol–water partition coefficient (Wildman–Crippen LogP) is 8.84. The largest absolute Gasteiger partial charge is 0.452 e. The van der Waals surface area contributed by atoms with Crippen LogP contribution >= 0.6 is 0 Å². The molecule has 0 atom stereocenters. The van der Waals surface area contributed by atoms with Gasteiger partial charge in [-0.1, -0.05) is 103 Å². The molecule has 51 heavy (non-hydrogen) atoms. The lowest BCUT2D eigenvalue weighted by Gasteiger charge is -2.15. The molecule has 0 N–H and O–H groups in total. The maximum Gasteiger partial charge on any atom is 0.299 e. The average Bonchev–Trinajstić information content (AvgIpc) is 3.56. The van der Waals surface area contributed by atoms with Crippen molar-refractivity contribution in [3.63, 3.8) is 0 Å². The van der Waals surface area contributed by atoms with E-state index in [1.165, 1.54) is 4.40 Å². The summed E-state index contributed by atoms with van der Waals surface area (Å²) in [4.78, 5) is 42.8. The molecule has 4 heterocycles. The molecule has 10 aromatic rings. The van der Waals surface area contributed by atoms with Crippen molar-refractivity contribution in [2.75, 3.05) is 0 Å². The second kappa shape index (κ2) is 11.2. The molecule has 8 nitrogen and oxygen atoms in total. The minimum absolute atomic E-state index is 0.0566. The molecule has 0 saturated heterocycles. The van der Waals surface area contributed by atoms with Crippen LogP contribution in [0, 0.1) is 0 Å². The summed E-state index contributed by atoms with van der Waals surface area (Å²) in [7, 11) is 0. The Balaban J connectivity index is 1.22. The molecule has 10 rings (SSSR count). The summed E-state index contributed by atoms with van der Waals surface area (Å²) in [5.41, 5.74) is 7.93. The zero-order valence-electron chi connectivity index (χ0n) is 26.9. The first-order chi connectivity index (χ1) is 25.1. The molecule has 4 aromatic heterocycles. The molecule has 0 spiro atoms. The van der Waals surface area contributed by atoms with Gasteiger partial charge in [-0.15, -0.1) is 0 Å². The quantitative estimate of drug-likeness (QED) is 0.138. The fourth-order valence-electron chi connectivity index (χ4n) is 6.94. The maximum atomic E-state index is 14.1. The first kappa shape index (κ1) is 28.8. The van der Waals surface area contributed by atoms with E-state index >= 15 is 0 Å². The monoisotopic (exact) mass is 659 g/mol. The minimum Gasteiger partial charge on any atom is -0.452 e. The van der Waals surface area contributed by atoms with Crippen molar-refractivity contribution in [2.45, 2.75) is 0 Å². The molecule has 240 valence electrons. The minimum atomic E-state index is -0.377. The van der Waals surface area contributed by atoms with Crippen LogP contribution in [0.3, 0.4) is 0 Å². The van der Waals surface area contributed by atoms with Gasteiger partial charge >= 0.3 is 0 Å². The summed E-state index contributed by atoms with van der Waals surface area (Å²) in [5, 5.41) is 1.30. The van der Waals surface area contributed by atoms with Crippen LogP contribution in [0.2, 0.25) is 0 Å². The Bertz CT molecular complexity index is 3110. The van der Waals surface area contributed by atoms with Crippen LogP contribution in [0.5, 0.6) is 0 Å². The van der Waals surface area contributed by atoms with Gasteiger partial charge in [-0.2, -0.15) is 0 Å². The van der Waals surface area contributed by atoms with Crippen molar-refractivity contribution in [3.8, 4) is 39.5 Å². The Labute approximate surface area is 289 Å². The molecular weight excluding hydrogens is 635 g/mol. The molecule has 8 heteroatoms. The topological polar surface area (TPSA) is 95.3 Å². The van der Waals surface area contributed by atoms with Crippen LogP contribution in [0.15, 0.2) is 166 Å². The molecular formula is C43H25N5O3. The van der Waals surface area contributed by atoms with E-state index in [4.69, 9.17) is 19.4 Å². The van der Waals surface area contributed by atoms with Crippen molar-refractivity contribution in [1.82, 2.24) is 23.9 Å². The number of aromatic nitrogens is 5. The van der Waals surface area contributed by atoms with E-state index in [0.29, 0.717) is 50.3 Å². The fraction of sp³-hybridized carbons (Fsp3) is 0. The highest BCUT2D eigenvalue weighted by Gasteiger charge is 2.20. The van der Waals surface area contributed by atoms with E-state index in [1.807, 2.05) is 133 Å². The van der Waals surface area contributed by atoms with Gasteiger partial charge < -0.3 is 4.42 Å². The van der Waals surface area contributed by atoms with Crippen molar-refractivity contribution < 1.29 is 4.42 Å². The maximum absolute atomic E-state index is 14.1. The van der Waals surface area contributed by atoms with Crippen molar-refractivity contribution in [2.24, 2.45) is 0 Å². The third-order valence-electron chi connectivity index (χ3n) is 9.37. The second-order valence-electron chi connectivity index (χ2n) is 12.4. The van der Waals surface area contributed by atoms with Gasteiger partial charge in [0.15, 0.2) is 11.4 Å². The van der Waals surface area contributed by atoms with Crippen LogP contribution in [-0.2, 0) is 0 Å². The summed E-state index contributed by atoms with van der Waals surface area (Å²) in [6.07, 6.45) is 0. The first-order valence-electron chi connectivity index (χ1n) is 16.5. The summed E-state index contributed by atoms with van der Waals surface area (Å²) < 4.78 is 9.63. The molecule has 0 saturated carbocycles. The number of rotatable bonds is 4. The highest BCUT2D eigenvalue weighted by Crippen LogP contribution is 2.37. The number of para-hydroxylation sites is 2. The fourth-order valence-corrected chi connectivity index (χ4v) is 6.94. The lowest BCUT2D eigenvalue weighted by molar-refractivity contribution is 0.667. The molecule has 0 unspecified atom stereocenters. The van der Waals surface area contributed by atoms with Crippen molar-refractivity contribution in [3.05, 3.63) is 172 Å². The number of nitrogens with zero attached hydrogens (tertiary/aromatic N) is 5. The molecule has 0 fully saturated rings. The van der Waals surface area contributed by atoms with Crippen molar-refractivity contribution >= 4 is 49.7 Å². The molecule has 0 radical (unpaired) electrons. The number of fused-ring (bicyclic) bond motifs is 7. The van der Waals surface area contributed by atoms with Crippen LogP contribution in [0.1, 0.15) is 0 Å². The molecule has 6 aromatic carbocycles. The SMILES string of the molecule is O=c1c2nc3ccccc3c(=O)n2c2cc(-c3ccc4c(c3)oc3c(-c5ccccc5)nc(-c5ccccc5)nc34)ccc2n1-c1ccccc1. The smallest absolute Gasteiger partial charge is 0.299 e. The van der Waals surface area contributed by atoms with E-state index < -0.39 is 0 Å². The lowest BCUT2D eigenvalue weighted by atomic mass is 10.0. The standard InChI is InChI=1S/C43H25N5O3/c49-42-31-18-10-11-19-33(31)44-41-43(50)47(30-16-8-3-9-17-30)34-23-21-28(24-35(34)48(41)42)29-20-22-32-36(25-29)51-39-37(26-12-4-1-5-13-26)45-40(46-38(32)39)27-14-6-2-7-15-27/h1-25H. The highest BCUT2D eigenvalue weighted by molar-refractivity contribution is 6.08. The molecule has 0 aliphatic rings. The van der Waals surface area contributed by atoms with E-state index in [0.717, 1.165) is 33.2 Å². The summed E-state index contributed by atoms with van der Waals surface area (Å²) >= 11 is 0. The van der Waals surface area contributed by atoms with Gasteiger partial charge in [0.25, 0.3) is 11.1 Å². The van der Waals surface area contributed by atoms with Gasteiger partial charge in [-0.05, 0) is 59.7 Å². The van der Waals surface area contributed by atoms with Gasteiger partial charge in [-0.3, -0.25) is 18.6 Å². The molecule has 0 aliphatic heterocycles. The predicted molar refractivity (Wildman–Crippen MR) is 201 cm³/mol. The first-order valence-corrected chi connectivity index (χ1v) is 16.5. The van der Waals surface area contributed by atoms with Gasteiger partial charge in [0.2, 0.25) is 5.65 Å². The van der Waals surface area contributed by atoms with Gasteiger partial charge in [0.1, 0.15) is 16.8 Å². The number of hydrogen-bond acceptors (Lipinski definition) is 6. The Kier molecular flexibility index (Phi) is 6.31. The molecule has 0 aliphatic carbocycles. The Morgan fingerprint density at radius 2 is 1.18 bits per heavy atom. The summed E-state index contributed by atoms with van der Waals surface area (Å²) in [6.45, 7) is 0. The Hall–Kier alpha value is -7.19. The molecule has 0 bridgehead atoms. The van der Waals surface area contributed by atoms with E-state index in [1.54, 1.807) is 22.8 Å².